The number of hydrogen-bond acceptors (Lipinski definition) is 5. The fraction of sp³-hybridized carbons (Fsp3) is 0.190. The zero-order valence-corrected chi connectivity index (χ0v) is 15.6. The first kappa shape index (κ1) is 19.7. The van der Waals surface area contributed by atoms with Crippen LogP contribution in [0.2, 0.25) is 0 Å². The van der Waals surface area contributed by atoms with Gasteiger partial charge in [-0.25, -0.2) is 14.4 Å². The molecule has 0 aliphatic carbocycles. The topological polar surface area (TPSA) is 70.2 Å². The Morgan fingerprint density at radius 2 is 1.90 bits per heavy atom. The van der Waals surface area contributed by atoms with Crippen molar-refractivity contribution in [3.05, 3.63) is 72.3 Å². The Kier molecular flexibility index (Phi) is 5.51. The predicted molar refractivity (Wildman–Crippen MR) is 101 cm³/mol. The van der Waals surface area contributed by atoms with Gasteiger partial charge in [0.15, 0.2) is 17.5 Å². The van der Waals surface area contributed by atoms with E-state index in [9.17, 15) is 18.0 Å². The van der Waals surface area contributed by atoms with Crippen molar-refractivity contribution in [2.45, 2.75) is 26.0 Å². The summed E-state index contributed by atoms with van der Waals surface area (Å²) in [5.41, 5.74) is 1.33. The molecule has 0 N–H and O–H groups in total. The van der Waals surface area contributed by atoms with E-state index in [0.717, 1.165) is 4.57 Å². The molecule has 0 radical (unpaired) electrons. The summed E-state index contributed by atoms with van der Waals surface area (Å²) in [4.78, 5) is 20.2. The number of nitrogens with zero attached hydrogens (tertiary/aromatic N) is 3. The van der Waals surface area contributed by atoms with Gasteiger partial charge < -0.3 is 9.15 Å². The number of alkyl halides is 2. The number of fused-ring (bicyclic) bond motifs is 1. The molecule has 0 fully saturated rings. The van der Waals surface area contributed by atoms with Crippen molar-refractivity contribution in [3.8, 4) is 11.3 Å². The summed E-state index contributed by atoms with van der Waals surface area (Å²) in [6, 6.07) is 12.2. The van der Waals surface area contributed by atoms with Gasteiger partial charge in [-0.1, -0.05) is 12.1 Å². The van der Waals surface area contributed by atoms with Gasteiger partial charge in [0, 0.05) is 12.0 Å². The molecule has 0 amide bonds. The number of oxazole rings is 1. The number of rotatable bonds is 7. The number of halogens is 3. The molecule has 4 rings (SSSR count). The van der Waals surface area contributed by atoms with E-state index in [-0.39, 0.29) is 36.6 Å². The van der Waals surface area contributed by atoms with Gasteiger partial charge in [-0.2, -0.15) is 8.78 Å². The highest BCUT2D eigenvalue weighted by Crippen LogP contribution is 2.24. The summed E-state index contributed by atoms with van der Waals surface area (Å²) in [6.07, 6.45) is 1.61. The maximum atomic E-state index is 13.4. The van der Waals surface area contributed by atoms with Crippen LogP contribution in [0.4, 0.5) is 13.2 Å². The molecule has 2 aromatic carbocycles. The van der Waals surface area contributed by atoms with Crippen LogP contribution in [0.3, 0.4) is 0 Å². The van der Waals surface area contributed by atoms with Gasteiger partial charge in [0.05, 0.1) is 23.7 Å². The van der Waals surface area contributed by atoms with Crippen LogP contribution in [0.5, 0.6) is 0 Å². The number of aryl methyl sites for hydroxylation is 1. The molecule has 0 saturated carbocycles. The summed E-state index contributed by atoms with van der Waals surface area (Å²) in [6.45, 7) is -3.17. The van der Waals surface area contributed by atoms with Crippen molar-refractivity contribution in [2.75, 3.05) is 0 Å². The molecule has 30 heavy (non-hydrogen) atoms. The normalized spacial score (nSPS) is 11.3. The number of carbonyl (C=O) groups is 1. The van der Waals surface area contributed by atoms with Gasteiger partial charge in [-0.05, 0) is 36.4 Å². The number of para-hydroxylation sites is 2. The van der Waals surface area contributed by atoms with Gasteiger partial charge in [0.25, 0.3) is 0 Å². The van der Waals surface area contributed by atoms with Crippen molar-refractivity contribution in [2.24, 2.45) is 0 Å². The zero-order chi connectivity index (χ0) is 21.1. The molecule has 0 spiro atoms. The van der Waals surface area contributed by atoms with Crippen LogP contribution >= 0.6 is 0 Å². The monoisotopic (exact) mass is 415 g/mol. The fourth-order valence-corrected chi connectivity index (χ4v) is 3.01. The Bertz CT molecular complexity index is 1170. The SMILES string of the molecule is O=C(CCc1ncc(-c2ccc(F)cc2)o1)OCc1nc2ccccc2n1C(F)F. The molecular formula is C21H16F3N3O3. The number of hydrogen-bond donors (Lipinski definition) is 0. The highest BCUT2D eigenvalue weighted by atomic mass is 19.3. The number of benzene rings is 2. The molecule has 0 unspecified atom stereocenters. The third kappa shape index (κ3) is 4.19. The van der Waals surface area contributed by atoms with Crippen LogP contribution < -0.4 is 0 Å². The van der Waals surface area contributed by atoms with Crippen LogP contribution in [0.1, 0.15) is 24.7 Å². The van der Waals surface area contributed by atoms with Crippen LogP contribution in [0.15, 0.2) is 59.1 Å². The van der Waals surface area contributed by atoms with E-state index in [2.05, 4.69) is 9.97 Å². The van der Waals surface area contributed by atoms with Crippen molar-refractivity contribution in [3.63, 3.8) is 0 Å². The summed E-state index contributed by atoms with van der Waals surface area (Å²) in [5.74, 6) is -0.226. The lowest BCUT2D eigenvalue weighted by molar-refractivity contribution is -0.145. The van der Waals surface area contributed by atoms with Gasteiger partial charge in [-0.3, -0.25) is 9.36 Å². The molecule has 154 valence electrons. The van der Waals surface area contributed by atoms with Crippen molar-refractivity contribution >= 4 is 17.0 Å². The maximum Gasteiger partial charge on any atom is 0.320 e. The van der Waals surface area contributed by atoms with E-state index in [1.807, 2.05) is 0 Å². The highest BCUT2D eigenvalue weighted by molar-refractivity contribution is 5.76. The number of ether oxygens (including phenoxy) is 1. The minimum absolute atomic E-state index is 0.0331. The molecule has 4 aromatic rings. The van der Waals surface area contributed by atoms with Crippen LogP contribution in [-0.4, -0.2) is 20.5 Å². The Labute approximate surface area is 168 Å². The quantitative estimate of drug-likeness (QED) is 0.402. The summed E-state index contributed by atoms with van der Waals surface area (Å²) in [5, 5.41) is 0. The Morgan fingerprint density at radius 1 is 1.13 bits per heavy atom. The van der Waals surface area contributed by atoms with Crippen LogP contribution in [-0.2, 0) is 22.6 Å². The first-order valence-electron chi connectivity index (χ1n) is 9.11. The average Bonchev–Trinajstić information content (AvgIpc) is 3.35. The fourth-order valence-electron chi connectivity index (χ4n) is 3.01. The third-order valence-electron chi connectivity index (χ3n) is 4.45. The van der Waals surface area contributed by atoms with E-state index in [1.165, 1.54) is 24.4 Å². The Morgan fingerprint density at radius 3 is 2.67 bits per heavy atom. The van der Waals surface area contributed by atoms with Crippen molar-refractivity contribution in [1.29, 1.82) is 0 Å². The van der Waals surface area contributed by atoms with Gasteiger partial charge in [0.1, 0.15) is 12.4 Å². The van der Waals surface area contributed by atoms with E-state index >= 15 is 0 Å². The second-order valence-corrected chi connectivity index (χ2v) is 6.45. The van der Waals surface area contributed by atoms with E-state index in [4.69, 9.17) is 9.15 Å². The molecule has 2 heterocycles. The molecule has 0 atom stereocenters. The number of carbonyl (C=O) groups excluding carboxylic acids is 1. The third-order valence-corrected chi connectivity index (χ3v) is 4.45. The van der Waals surface area contributed by atoms with Gasteiger partial charge in [-0.15, -0.1) is 0 Å². The molecule has 9 heteroatoms. The van der Waals surface area contributed by atoms with Crippen LogP contribution in [0.25, 0.3) is 22.4 Å². The number of aromatic nitrogens is 3. The maximum absolute atomic E-state index is 13.4. The standard InChI is InChI=1S/C21H16F3N3O3/c22-14-7-5-13(6-8-14)17-11-25-19(30-17)9-10-20(28)29-12-18-26-15-3-1-2-4-16(15)27(18)21(23)24/h1-8,11,21H,9-10,12H2. The molecule has 0 saturated heterocycles. The molecular weight excluding hydrogens is 399 g/mol. The van der Waals surface area contributed by atoms with E-state index in [0.29, 0.717) is 22.7 Å². The first-order valence-corrected chi connectivity index (χ1v) is 9.11. The molecule has 0 aliphatic rings. The lowest BCUT2D eigenvalue weighted by Gasteiger charge is -2.08. The molecule has 0 aliphatic heterocycles. The van der Waals surface area contributed by atoms with E-state index < -0.39 is 12.5 Å². The average molecular weight is 415 g/mol. The summed E-state index contributed by atoms with van der Waals surface area (Å²) >= 11 is 0. The lowest BCUT2D eigenvalue weighted by atomic mass is 10.2. The van der Waals surface area contributed by atoms with Gasteiger partial charge in [0.2, 0.25) is 0 Å². The molecule has 2 aromatic heterocycles. The predicted octanol–water partition coefficient (Wildman–Crippen LogP) is 4.90. The Balaban J connectivity index is 1.35. The number of imidazole rings is 1. The summed E-state index contributed by atoms with van der Waals surface area (Å²) in [7, 11) is 0. The van der Waals surface area contributed by atoms with Crippen molar-refractivity contribution in [1.82, 2.24) is 14.5 Å². The second-order valence-electron chi connectivity index (χ2n) is 6.45. The smallest absolute Gasteiger partial charge is 0.320 e. The Hall–Kier alpha value is -3.62. The first-order chi connectivity index (χ1) is 14.5. The molecule has 0 bridgehead atoms. The zero-order valence-electron chi connectivity index (χ0n) is 15.6. The van der Waals surface area contributed by atoms with Crippen molar-refractivity contribution < 1.29 is 27.1 Å². The highest BCUT2D eigenvalue weighted by Gasteiger charge is 2.19. The number of esters is 1. The second kappa shape index (κ2) is 8.40. The minimum atomic E-state index is -2.80. The largest absolute Gasteiger partial charge is 0.457 e. The minimum Gasteiger partial charge on any atom is -0.457 e. The van der Waals surface area contributed by atoms with Crippen LogP contribution in [0, 0.1) is 5.82 Å². The summed E-state index contributed by atoms with van der Waals surface area (Å²) < 4.78 is 51.2. The molecule has 6 nitrogen and oxygen atoms in total. The lowest BCUT2D eigenvalue weighted by Crippen LogP contribution is -2.11. The van der Waals surface area contributed by atoms with E-state index in [1.54, 1.807) is 30.3 Å². The van der Waals surface area contributed by atoms with Gasteiger partial charge >= 0.3 is 12.5 Å².